The van der Waals surface area contributed by atoms with Gasteiger partial charge >= 0.3 is 6.09 Å². The molecule has 0 aromatic heterocycles. The molecule has 5 nitrogen and oxygen atoms in total. The van der Waals surface area contributed by atoms with Crippen LogP contribution in [0.4, 0.5) is 4.79 Å². The normalized spacial score (nSPS) is 22.0. The Morgan fingerprint density at radius 1 is 1.22 bits per heavy atom. The second-order valence-electron chi connectivity index (χ2n) is 7.93. The maximum absolute atomic E-state index is 11.7. The molecule has 1 fully saturated rings. The Morgan fingerprint density at radius 3 is 2.65 bits per heavy atom. The SMILES string of the molecule is CC(CC1CCCCCN1)NCCC(C)NC(=O)OC(C)(C)C. The maximum Gasteiger partial charge on any atom is 0.407 e. The first-order chi connectivity index (χ1) is 10.8. The van der Waals surface area contributed by atoms with E-state index >= 15 is 0 Å². The Bertz CT molecular complexity index is 334. The number of amides is 1. The van der Waals surface area contributed by atoms with E-state index in [1.165, 1.54) is 32.1 Å². The molecule has 1 aliphatic heterocycles. The topological polar surface area (TPSA) is 62.4 Å². The molecule has 0 aliphatic carbocycles. The smallest absolute Gasteiger partial charge is 0.407 e. The molecule has 3 atom stereocenters. The Kier molecular flexibility index (Phi) is 8.92. The summed E-state index contributed by atoms with van der Waals surface area (Å²) in [5.41, 5.74) is -0.442. The lowest BCUT2D eigenvalue weighted by molar-refractivity contribution is 0.0506. The zero-order valence-corrected chi connectivity index (χ0v) is 15.7. The van der Waals surface area contributed by atoms with Gasteiger partial charge in [0, 0.05) is 18.1 Å². The summed E-state index contributed by atoms with van der Waals surface area (Å²) in [4.78, 5) is 11.7. The van der Waals surface area contributed by atoms with Crippen molar-refractivity contribution in [2.45, 2.75) is 96.9 Å². The summed E-state index contributed by atoms with van der Waals surface area (Å²) in [6.45, 7) is 12.0. The molecule has 1 aliphatic rings. The van der Waals surface area contributed by atoms with E-state index in [-0.39, 0.29) is 12.1 Å². The average molecular weight is 328 g/mol. The van der Waals surface area contributed by atoms with E-state index in [4.69, 9.17) is 4.74 Å². The van der Waals surface area contributed by atoms with Crippen molar-refractivity contribution in [2.75, 3.05) is 13.1 Å². The van der Waals surface area contributed by atoms with Gasteiger partial charge in [-0.05, 0) is 73.4 Å². The first kappa shape index (κ1) is 20.2. The number of ether oxygens (including phenoxy) is 1. The van der Waals surface area contributed by atoms with E-state index in [0.29, 0.717) is 12.1 Å². The van der Waals surface area contributed by atoms with Crippen molar-refractivity contribution in [3.05, 3.63) is 0 Å². The maximum atomic E-state index is 11.7. The summed E-state index contributed by atoms with van der Waals surface area (Å²) in [5, 5.41) is 10.1. The van der Waals surface area contributed by atoms with Gasteiger partial charge < -0.3 is 20.7 Å². The third kappa shape index (κ3) is 10.6. The summed E-state index contributed by atoms with van der Waals surface area (Å²) in [6.07, 6.45) is 7.06. The Hall–Kier alpha value is -0.810. The Labute approximate surface area is 142 Å². The molecular formula is C18H37N3O2. The van der Waals surface area contributed by atoms with Gasteiger partial charge in [0.1, 0.15) is 5.60 Å². The standard InChI is InChI=1S/C18H37N3O2/c1-14(21-17(22)23-18(3,4)5)10-12-19-15(2)13-16-9-7-6-8-11-20-16/h14-16,19-20H,6-13H2,1-5H3,(H,21,22). The van der Waals surface area contributed by atoms with Crippen LogP contribution < -0.4 is 16.0 Å². The van der Waals surface area contributed by atoms with Crippen molar-refractivity contribution in [1.29, 1.82) is 0 Å². The molecular weight excluding hydrogens is 290 g/mol. The fourth-order valence-corrected chi connectivity index (χ4v) is 2.94. The molecule has 3 N–H and O–H groups in total. The first-order valence-electron chi connectivity index (χ1n) is 9.22. The highest BCUT2D eigenvalue weighted by Crippen LogP contribution is 2.12. The van der Waals surface area contributed by atoms with Crippen molar-refractivity contribution in [2.24, 2.45) is 0 Å². The largest absolute Gasteiger partial charge is 0.444 e. The quantitative estimate of drug-likeness (QED) is 0.672. The van der Waals surface area contributed by atoms with E-state index in [9.17, 15) is 4.79 Å². The predicted molar refractivity (Wildman–Crippen MR) is 95.8 cm³/mol. The molecule has 0 radical (unpaired) electrons. The van der Waals surface area contributed by atoms with Gasteiger partial charge in [-0.3, -0.25) is 0 Å². The summed E-state index contributed by atoms with van der Waals surface area (Å²) >= 11 is 0. The molecule has 5 heteroatoms. The molecule has 23 heavy (non-hydrogen) atoms. The summed E-state index contributed by atoms with van der Waals surface area (Å²) in [6, 6.07) is 1.26. The van der Waals surface area contributed by atoms with E-state index < -0.39 is 5.60 Å². The molecule has 1 amide bonds. The number of carbonyl (C=O) groups excluding carboxylic acids is 1. The monoisotopic (exact) mass is 327 g/mol. The molecule has 0 saturated carbocycles. The highest BCUT2D eigenvalue weighted by molar-refractivity contribution is 5.67. The van der Waals surface area contributed by atoms with Crippen LogP contribution in [-0.4, -0.2) is 42.9 Å². The predicted octanol–water partition coefficient (Wildman–Crippen LogP) is 3.19. The molecule has 136 valence electrons. The fraction of sp³-hybridized carbons (Fsp3) is 0.944. The highest BCUT2D eigenvalue weighted by atomic mass is 16.6. The molecule has 0 bridgehead atoms. The number of hydrogen-bond donors (Lipinski definition) is 3. The first-order valence-corrected chi connectivity index (χ1v) is 9.22. The second-order valence-corrected chi connectivity index (χ2v) is 7.93. The molecule has 1 heterocycles. The van der Waals surface area contributed by atoms with Gasteiger partial charge in [0.2, 0.25) is 0 Å². The number of carbonyl (C=O) groups is 1. The van der Waals surface area contributed by atoms with E-state index in [2.05, 4.69) is 22.9 Å². The van der Waals surface area contributed by atoms with Crippen molar-refractivity contribution in [3.8, 4) is 0 Å². The summed E-state index contributed by atoms with van der Waals surface area (Å²) in [5.74, 6) is 0. The summed E-state index contributed by atoms with van der Waals surface area (Å²) < 4.78 is 5.27. The van der Waals surface area contributed by atoms with Crippen LogP contribution in [0, 0.1) is 0 Å². The third-order valence-electron chi connectivity index (χ3n) is 4.13. The van der Waals surface area contributed by atoms with Gasteiger partial charge in [-0.25, -0.2) is 4.79 Å². The minimum Gasteiger partial charge on any atom is -0.444 e. The highest BCUT2D eigenvalue weighted by Gasteiger charge is 2.18. The van der Waals surface area contributed by atoms with Crippen LogP contribution in [-0.2, 0) is 4.74 Å². The van der Waals surface area contributed by atoms with Crippen LogP contribution in [0.1, 0.15) is 73.1 Å². The van der Waals surface area contributed by atoms with Crippen LogP contribution in [0.2, 0.25) is 0 Å². The van der Waals surface area contributed by atoms with Crippen molar-refractivity contribution in [1.82, 2.24) is 16.0 Å². The molecule has 1 rings (SSSR count). The van der Waals surface area contributed by atoms with Crippen LogP contribution in [0.25, 0.3) is 0 Å². The second kappa shape index (κ2) is 10.1. The van der Waals surface area contributed by atoms with Gasteiger partial charge in [0.05, 0.1) is 0 Å². The fourth-order valence-electron chi connectivity index (χ4n) is 2.94. The number of rotatable bonds is 7. The van der Waals surface area contributed by atoms with Crippen molar-refractivity contribution >= 4 is 6.09 Å². The number of nitrogens with one attached hydrogen (secondary N) is 3. The lowest BCUT2D eigenvalue weighted by Gasteiger charge is -2.23. The van der Waals surface area contributed by atoms with E-state index in [1.807, 2.05) is 27.7 Å². The molecule has 0 spiro atoms. The van der Waals surface area contributed by atoms with Crippen molar-refractivity contribution in [3.63, 3.8) is 0 Å². The van der Waals surface area contributed by atoms with Crippen LogP contribution >= 0.6 is 0 Å². The van der Waals surface area contributed by atoms with Gasteiger partial charge in [-0.15, -0.1) is 0 Å². The zero-order chi connectivity index (χ0) is 17.3. The Morgan fingerprint density at radius 2 is 1.96 bits per heavy atom. The third-order valence-corrected chi connectivity index (χ3v) is 4.13. The van der Waals surface area contributed by atoms with Crippen LogP contribution in [0.3, 0.4) is 0 Å². The summed E-state index contributed by atoms with van der Waals surface area (Å²) in [7, 11) is 0. The number of hydrogen-bond acceptors (Lipinski definition) is 4. The van der Waals surface area contributed by atoms with E-state index in [0.717, 1.165) is 19.5 Å². The average Bonchev–Trinajstić information content (AvgIpc) is 2.64. The van der Waals surface area contributed by atoms with Gasteiger partial charge in [0.15, 0.2) is 0 Å². The number of alkyl carbamates (subject to hydrolysis) is 1. The zero-order valence-electron chi connectivity index (χ0n) is 15.7. The van der Waals surface area contributed by atoms with E-state index in [1.54, 1.807) is 0 Å². The lowest BCUT2D eigenvalue weighted by Crippen LogP contribution is -2.41. The molecule has 0 aromatic carbocycles. The van der Waals surface area contributed by atoms with Crippen molar-refractivity contribution < 1.29 is 9.53 Å². The van der Waals surface area contributed by atoms with Gasteiger partial charge in [0.25, 0.3) is 0 Å². The molecule has 0 aromatic rings. The Balaban J connectivity index is 2.13. The lowest BCUT2D eigenvalue weighted by atomic mass is 10.0. The molecule has 1 saturated heterocycles. The van der Waals surface area contributed by atoms with Crippen LogP contribution in [0.5, 0.6) is 0 Å². The van der Waals surface area contributed by atoms with Gasteiger partial charge in [-0.2, -0.15) is 0 Å². The minimum atomic E-state index is -0.442. The van der Waals surface area contributed by atoms with Gasteiger partial charge in [-0.1, -0.05) is 12.8 Å². The van der Waals surface area contributed by atoms with Crippen LogP contribution in [0.15, 0.2) is 0 Å². The molecule has 3 unspecified atom stereocenters. The minimum absolute atomic E-state index is 0.112.